The van der Waals surface area contributed by atoms with Crippen molar-refractivity contribution in [1.29, 1.82) is 0 Å². The molecular weight excluding hydrogens is 424 g/mol. The lowest BCUT2D eigenvalue weighted by molar-refractivity contribution is -0.118. The molecule has 0 radical (unpaired) electrons. The molecule has 0 aromatic heterocycles. The van der Waals surface area contributed by atoms with Gasteiger partial charge in [0.2, 0.25) is 10.0 Å². The number of hydrogen-bond donors (Lipinski definition) is 1. The number of nitrogens with one attached hydrogen (secondary N) is 1. The van der Waals surface area contributed by atoms with Crippen molar-refractivity contribution in [3.8, 4) is 5.75 Å². The summed E-state index contributed by atoms with van der Waals surface area (Å²) in [4.78, 5) is 12.2. The second kappa shape index (κ2) is 10.3. The van der Waals surface area contributed by atoms with Crippen molar-refractivity contribution < 1.29 is 17.9 Å². The standard InChI is InChI=1S/C25H28N2O4S/c1-4-20-9-11-22(12-10-20)26-25(28)18-31-24-15-13-23(14-16-24)27(32(3,29)30)17-21-7-5-19(2)6-8-21/h5-16H,4,17-18H2,1-3H3,(H,26,28). The summed E-state index contributed by atoms with van der Waals surface area (Å²) < 4.78 is 31.6. The van der Waals surface area contributed by atoms with E-state index in [9.17, 15) is 13.2 Å². The van der Waals surface area contributed by atoms with E-state index in [1.54, 1.807) is 24.3 Å². The Bertz CT molecular complexity index is 1140. The maximum absolute atomic E-state index is 12.4. The monoisotopic (exact) mass is 452 g/mol. The topological polar surface area (TPSA) is 75.7 Å². The highest BCUT2D eigenvalue weighted by Crippen LogP contribution is 2.24. The van der Waals surface area contributed by atoms with Crippen LogP contribution in [0.5, 0.6) is 5.75 Å². The first-order chi connectivity index (χ1) is 15.2. The van der Waals surface area contributed by atoms with Gasteiger partial charge in [-0.15, -0.1) is 0 Å². The zero-order chi connectivity index (χ0) is 23.1. The third-order valence-electron chi connectivity index (χ3n) is 4.99. The molecule has 0 aliphatic rings. The fourth-order valence-electron chi connectivity index (χ4n) is 3.14. The van der Waals surface area contributed by atoms with Crippen molar-refractivity contribution in [1.82, 2.24) is 0 Å². The molecule has 3 aromatic rings. The summed E-state index contributed by atoms with van der Waals surface area (Å²) in [5, 5.41) is 2.79. The highest BCUT2D eigenvalue weighted by molar-refractivity contribution is 7.92. The number of amides is 1. The van der Waals surface area contributed by atoms with Gasteiger partial charge >= 0.3 is 0 Å². The smallest absolute Gasteiger partial charge is 0.262 e. The van der Waals surface area contributed by atoms with Crippen LogP contribution in [0, 0.1) is 6.92 Å². The third-order valence-corrected chi connectivity index (χ3v) is 6.13. The number of rotatable bonds is 9. The second-order valence-electron chi connectivity index (χ2n) is 7.64. The fourth-order valence-corrected chi connectivity index (χ4v) is 4.03. The predicted molar refractivity (Wildman–Crippen MR) is 129 cm³/mol. The van der Waals surface area contributed by atoms with Gasteiger partial charge in [-0.1, -0.05) is 48.9 Å². The lowest BCUT2D eigenvalue weighted by Crippen LogP contribution is -2.29. The van der Waals surface area contributed by atoms with Crippen LogP contribution in [0.2, 0.25) is 0 Å². The Kier molecular flexibility index (Phi) is 7.53. The van der Waals surface area contributed by atoms with E-state index in [2.05, 4.69) is 12.2 Å². The van der Waals surface area contributed by atoms with Gasteiger partial charge < -0.3 is 10.1 Å². The highest BCUT2D eigenvalue weighted by atomic mass is 32.2. The molecule has 0 bridgehead atoms. The molecule has 3 aromatic carbocycles. The Morgan fingerprint density at radius 3 is 2.06 bits per heavy atom. The molecule has 0 atom stereocenters. The molecule has 0 aliphatic heterocycles. The fraction of sp³-hybridized carbons (Fsp3) is 0.240. The minimum atomic E-state index is -3.48. The van der Waals surface area contributed by atoms with E-state index < -0.39 is 10.0 Å². The van der Waals surface area contributed by atoms with Crippen molar-refractivity contribution in [2.75, 3.05) is 22.5 Å². The van der Waals surface area contributed by atoms with Crippen molar-refractivity contribution in [3.63, 3.8) is 0 Å². The average molecular weight is 453 g/mol. The molecule has 0 aliphatic carbocycles. The van der Waals surface area contributed by atoms with Crippen LogP contribution in [-0.4, -0.2) is 27.2 Å². The summed E-state index contributed by atoms with van der Waals surface area (Å²) in [5.74, 6) is 0.212. The lowest BCUT2D eigenvalue weighted by Gasteiger charge is -2.23. The van der Waals surface area contributed by atoms with Crippen molar-refractivity contribution >= 4 is 27.3 Å². The Morgan fingerprint density at radius 2 is 1.50 bits per heavy atom. The van der Waals surface area contributed by atoms with Gasteiger partial charge in [-0.2, -0.15) is 0 Å². The van der Waals surface area contributed by atoms with Gasteiger partial charge in [0.15, 0.2) is 6.61 Å². The van der Waals surface area contributed by atoms with Gasteiger partial charge in [0, 0.05) is 5.69 Å². The quantitative estimate of drug-likeness (QED) is 0.517. The number of anilines is 2. The van der Waals surface area contributed by atoms with Crippen molar-refractivity contribution in [2.45, 2.75) is 26.8 Å². The molecule has 0 spiro atoms. The van der Waals surface area contributed by atoms with E-state index in [1.165, 1.54) is 16.1 Å². The summed E-state index contributed by atoms with van der Waals surface area (Å²) >= 11 is 0. The van der Waals surface area contributed by atoms with E-state index in [0.717, 1.165) is 17.5 Å². The summed E-state index contributed by atoms with van der Waals surface area (Å²) in [5.41, 5.74) is 4.45. The molecular formula is C25H28N2O4S. The van der Waals surface area contributed by atoms with Gasteiger partial charge in [-0.25, -0.2) is 8.42 Å². The molecule has 0 heterocycles. The average Bonchev–Trinajstić information content (AvgIpc) is 2.77. The molecule has 7 heteroatoms. The number of carbonyl (C=O) groups excluding carboxylic acids is 1. The number of sulfonamides is 1. The zero-order valence-electron chi connectivity index (χ0n) is 18.5. The molecule has 168 valence electrons. The number of benzene rings is 3. The molecule has 0 unspecified atom stereocenters. The third kappa shape index (κ3) is 6.59. The Morgan fingerprint density at radius 1 is 0.906 bits per heavy atom. The van der Waals surface area contributed by atoms with Crippen LogP contribution in [0.4, 0.5) is 11.4 Å². The first-order valence-electron chi connectivity index (χ1n) is 10.4. The van der Waals surface area contributed by atoms with Crippen LogP contribution in [0.3, 0.4) is 0 Å². The predicted octanol–water partition coefficient (Wildman–Crippen LogP) is 4.54. The SMILES string of the molecule is CCc1ccc(NC(=O)COc2ccc(N(Cc3ccc(C)cc3)S(C)(=O)=O)cc2)cc1. The summed E-state index contributed by atoms with van der Waals surface area (Å²) in [6.07, 6.45) is 2.12. The van der Waals surface area contributed by atoms with Crippen molar-refractivity contribution in [2.24, 2.45) is 0 Å². The van der Waals surface area contributed by atoms with Gasteiger partial charge in [0.05, 0.1) is 18.5 Å². The second-order valence-corrected chi connectivity index (χ2v) is 9.54. The van der Waals surface area contributed by atoms with Crippen molar-refractivity contribution in [3.05, 3.63) is 89.5 Å². The molecule has 3 rings (SSSR count). The minimum absolute atomic E-state index is 0.145. The normalized spacial score (nSPS) is 11.1. The first kappa shape index (κ1) is 23.3. The summed E-state index contributed by atoms with van der Waals surface area (Å²) in [7, 11) is -3.48. The van der Waals surface area contributed by atoms with E-state index in [1.807, 2.05) is 55.5 Å². The highest BCUT2D eigenvalue weighted by Gasteiger charge is 2.18. The molecule has 32 heavy (non-hydrogen) atoms. The Balaban J connectivity index is 1.61. The molecule has 6 nitrogen and oxygen atoms in total. The summed E-state index contributed by atoms with van der Waals surface area (Å²) in [6.45, 7) is 4.15. The Hall–Kier alpha value is -3.32. The molecule has 0 saturated carbocycles. The van der Waals surface area contributed by atoms with Crippen LogP contribution in [0.1, 0.15) is 23.6 Å². The van der Waals surface area contributed by atoms with Crippen LogP contribution < -0.4 is 14.4 Å². The zero-order valence-corrected chi connectivity index (χ0v) is 19.4. The molecule has 1 amide bonds. The largest absolute Gasteiger partial charge is 0.484 e. The minimum Gasteiger partial charge on any atom is -0.484 e. The lowest BCUT2D eigenvalue weighted by atomic mass is 10.1. The maximum atomic E-state index is 12.4. The number of nitrogens with zero attached hydrogens (tertiary/aromatic N) is 1. The van der Waals surface area contributed by atoms with Crippen LogP contribution in [0.25, 0.3) is 0 Å². The molecule has 0 fully saturated rings. The van der Waals surface area contributed by atoms with Crippen LogP contribution in [-0.2, 0) is 27.8 Å². The Labute approximate surface area is 189 Å². The molecule has 0 saturated heterocycles. The number of ether oxygens (including phenoxy) is 1. The van der Waals surface area contributed by atoms with E-state index in [-0.39, 0.29) is 19.1 Å². The van der Waals surface area contributed by atoms with E-state index >= 15 is 0 Å². The first-order valence-corrected chi connectivity index (χ1v) is 12.2. The number of aryl methyl sites for hydroxylation is 2. The number of hydrogen-bond acceptors (Lipinski definition) is 4. The van der Waals surface area contributed by atoms with Crippen LogP contribution >= 0.6 is 0 Å². The van der Waals surface area contributed by atoms with E-state index in [4.69, 9.17) is 4.74 Å². The van der Waals surface area contributed by atoms with Gasteiger partial charge in [0.25, 0.3) is 5.91 Å². The van der Waals surface area contributed by atoms with Gasteiger partial charge in [0.1, 0.15) is 5.75 Å². The van der Waals surface area contributed by atoms with Gasteiger partial charge in [-0.3, -0.25) is 9.10 Å². The number of carbonyl (C=O) groups is 1. The van der Waals surface area contributed by atoms with E-state index in [0.29, 0.717) is 17.1 Å². The van der Waals surface area contributed by atoms with Gasteiger partial charge in [-0.05, 0) is 60.9 Å². The summed E-state index contributed by atoms with van der Waals surface area (Å²) in [6, 6.07) is 22.1. The van der Waals surface area contributed by atoms with Crippen LogP contribution in [0.15, 0.2) is 72.8 Å². The molecule has 1 N–H and O–H groups in total. The maximum Gasteiger partial charge on any atom is 0.262 e.